The summed E-state index contributed by atoms with van der Waals surface area (Å²) in [4.78, 5) is 4.28. The fourth-order valence-corrected chi connectivity index (χ4v) is 2.75. The Hall–Kier alpha value is -0.410. The van der Waals surface area contributed by atoms with Crippen LogP contribution in [0.4, 0.5) is 0 Å². The molecule has 2 unspecified atom stereocenters. The Labute approximate surface area is 89.8 Å². The molecule has 1 N–H and O–H groups in total. The lowest BCUT2D eigenvalue weighted by atomic mass is 9.86. The molecule has 1 saturated carbocycles. The summed E-state index contributed by atoms with van der Waals surface area (Å²) < 4.78 is 0. The van der Waals surface area contributed by atoms with Crippen LogP contribution in [0.1, 0.15) is 37.6 Å². The van der Waals surface area contributed by atoms with E-state index in [1.54, 1.807) is 11.3 Å². The number of hydrogen-bond donors (Lipinski definition) is 1. The highest BCUT2D eigenvalue weighted by molar-refractivity contribution is 7.09. The Balaban J connectivity index is 1.79. The van der Waals surface area contributed by atoms with Gasteiger partial charge in [0.1, 0.15) is 5.01 Å². The van der Waals surface area contributed by atoms with Crippen LogP contribution in [0.5, 0.6) is 0 Å². The van der Waals surface area contributed by atoms with Crippen LogP contribution in [0.15, 0.2) is 11.6 Å². The summed E-state index contributed by atoms with van der Waals surface area (Å²) in [6, 6.07) is 0.715. The largest absolute Gasteiger partial charge is 0.307 e. The van der Waals surface area contributed by atoms with Gasteiger partial charge in [-0.25, -0.2) is 4.98 Å². The Bertz CT molecular complexity index is 258. The molecule has 0 radical (unpaired) electrons. The second-order valence-corrected chi connectivity index (χ2v) is 5.15. The van der Waals surface area contributed by atoms with Crippen LogP contribution < -0.4 is 5.32 Å². The van der Waals surface area contributed by atoms with Gasteiger partial charge in [-0.05, 0) is 18.8 Å². The van der Waals surface area contributed by atoms with Crippen molar-refractivity contribution in [3.05, 3.63) is 16.6 Å². The van der Waals surface area contributed by atoms with Gasteiger partial charge < -0.3 is 5.32 Å². The first-order valence-electron chi connectivity index (χ1n) is 5.48. The molecule has 0 saturated heterocycles. The average molecular weight is 210 g/mol. The minimum Gasteiger partial charge on any atom is -0.307 e. The second-order valence-electron chi connectivity index (χ2n) is 4.17. The molecule has 1 aromatic rings. The Morgan fingerprint density at radius 3 is 3.07 bits per heavy atom. The van der Waals surface area contributed by atoms with E-state index in [0.717, 1.165) is 12.5 Å². The predicted molar refractivity (Wildman–Crippen MR) is 60.4 cm³/mol. The third kappa shape index (κ3) is 2.55. The fourth-order valence-electron chi connectivity index (χ4n) is 2.18. The van der Waals surface area contributed by atoms with Gasteiger partial charge >= 0.3 is 0 Å². The van der Waals surface area contributed by atoms with Crippen molar-refractivity contribution in [2.24, 2.45) is 5.92 Å². The zero-order chi connectivity index (χ0) is 9.80. The van der Waals surface area contributed by atoms with Gasteiger partial charge in [0.25, 0.3) is 0 Å². The molecular weight excluding hydrogens is 192 g/mol. The first kappa shape index (κ1) is 10.1. The molecule has 0 bridgehead atoms. The highest BCUT2D eigenvalue weighted by Crippen LogP contribution is 2.24. The molecule has 1 aromatic heterocycles. The molecule has 0 aromatic carbocycles. The monoisotopic (exact) mass is 210 g/mol. The predicted octanol–water partition coefficient (Wildman–Crippen LogP) is 2.81. The topological polar surface area (TPSA) is 24.9 Å². The Kier molecular flexibility index (Phi) is 3.54. The minimum absolute atomic E-state index is 0.715. The number of nitrogens with zero attached hydrogens (tertiary/aromatic N) is 1. The molecule has 0 aliphatic heterocycles. The van der Waals surface area contributed by atoms with Gasteiger partial charge in [0.05, 0.1) is 0 Å². The maximum absolute atomic E-state index is 4.28. The van der Waals surface area contributed by atoms with E-state index in [9.17, 15) is 0 Å². The molecular formula is C11H18N2S. The minimum atomic E-state index is 0.715. The van der Waals surface area contributed by atoms with Gasteiger partial charge in [-0.1, -0.05) is 19.8 Å². The van der Waals surface area contributed by atoms with Gasteiger partial charge in [-0.2, -0.15) is 0 Å². The summed E-state index contributed by atoms with van der Waals surface area (Å²) in [6.45, 7) is 3.31. The lowest BCUT2D eigenvalue weighted by Gasteiger charge is -2.29. The van der Waals surface area contributed by atoms with Crippen molar-refractivity contribution in [1.82, 2.24) is 10.3 Å². The van der Waals surface area contributed by atoms with E-state index in [2.05, 4.69) is 17.2 Å². The summed E-state index contributed by atoms with van der Waals surface area (Å²) in [5, 5.41) is 6.88. The van der Waals surface area contributed by atoms with Gasteiger partial charge in [-0.15, -0.1) is 11.3 Å². The molecule has 1 fully saturated rings. The zero-order valence-corrected chi connectivity index (χ0v) is 9.52. The van der Waals surface area contributed by atoms with Crippen LogP contribution in [0.3, 0.4) is 0 Å². The molecule has 2 atom stereocenters. The fraction of sp³-hybridized carbons (Fsp3) is 0.727. The summed E-state index contributed by atoms with van der Waals surface area (Å²) in [7, 11) is 0. The number of aromatic nitrogens is 1. The quantitative estimate of drug-likeness (QED) is 0.830. The van der Waals surface area contributed by atoms with Crippen LogP contribution in [-0.4, -0.2) is 11.0 Å². The summed E-state index contributed by atoms with van der Waals surface area (Å²) in [5.74, 6) is 0.837. The molecule has 1 heterocycles. The SMILES string of the molecule is CC1CCCCC1NCc1nccs1. The average Bonchev–Trinajstić information content (AvgIpc) is 2.69. The van der Waals surface area contributed by atoms with Crippen LogP contribution in [0, 0.1) is 5.92 Å². The van der Waals surface area contributed by atoms with Crippen molar-refractivity contribution in [2.75, 3.05) is 0 Å². The molecule has 0 amide bonds. The summed E-state index contributed by atoms with van der Waals surface area (Å²) in [5.41, 5.74) is 0. The van der Waals surface area contributed by atoms with E-state index in [1.807, 2.05) is 11.6 Å². The van der Waals surface area contributed by atoms with Crippen LogP contribution in [-0.2, 0) is 6.54 Å². The van der Waals surface area contributed by atoms with E-state index in [-0.39, 0.29) is 0 Å². The highest BCUT2D eigenvalue weighted by atomic mass is 32.1. The lowest BCUT2D eigenvalue weighted by molar-refractivity contribution is 0.279. The van der Waals surface area contributed by atoms with E-state index >= 15 is 0 Å². The van der Waals surface area contributed by atoms with Crippen molar-refractivity contribution >= 4 is 11.3 Å². The van der Waals surface area contributed by atoms with E-state index in [4.69, 9.17) is 0 Å². The number of nitrogens with one attached hydrogen (secondary N) is 1. The third-order valence-electron chi connectivity index (χ3n) is 3.11. The maximum Gasteiger partial charge on any atom is 0.106 e. The van der Waals surface area contributed by atoms with Crippen LogP contribution in [0.2, 0.25) is 0 Å². The molecule has 0 spiro atoms. The van der Waals surface area contributed by atoms with Gasteiger partial charge in [-0.3, -0.25) is 0 Å². The first-order chi connectivity index (χ1) is 6.86. The van der Waals surface area contributed by atoms with Crippen molar-refractivity contribution in [2.45, 2.75) is 45.2 Å². The maximum atomic E-state index is 4.28. The summed E-state index contributed by atoms with van der Waals surface area (Å²) in [6.07, 6.45) is 7.41. The van der Waals surface area contributed by atoms with Gasteiger partial charge in [0.2, 0.25) is 0 Å². The van der Waals surface area contributed by atoms with Gasteiger partial charge in [0.15, 0.2) is 0 Å². The van der Waals surface area contributed by atoms with Crippen molar-refractivity contribution in [3.63, 3.8) is 0 Å². The van der Waals surface area contributed by atoms with E-state index in [0.29, 0.717) is 6.04 Å². The number of rotatable bonds is 3. The second kappa shape index (κ2) is 4.89. The van der Waals surface area contributed by atoms with Crippen LogP contribution >= 0.6 is 11.3 Å². The molecule has 1 aliphatic rings. The molecule has 78 valence electrons. The first-order valence-corrected chi connectivity index (χ1v) is 6.36. The van der Waals surface area contributed by atoms with Crippen molar-refractivity contribution in [1.29, 1.82) is 0 Å². The number of thiazole rings is 1. The highest BCUT2D eigenvalue weighted by Gasteiger charge is 2.20. The third-order valence-corrected chi connectivity index (χ3v) is 3.89. The molecule has 2 rings (SSSR count). The van der Waals surface area contributed by atoms with Crippen molar-refractivity contribution in [3.8, 4) is 0 Å². The molecule has 3 heteroatoms. The zero-order valence-electron chi connectivity index (χ0n) is 8.70. The number of hydrogen-bond acceptors (Lipinski definition) is 3. The summed E-state index contributed by atoms with van der Waals surface area (Å²) >= 11 is 1.74. The van der Waals surface area contributed by atoms with Gasteiger partial charge in [0, 0.05) is 24.2 Å². The smallest absolute Gasteiger partial charge is 0.106 e. The van der Waals surface area contributed by atoms with E-state index < -0.39 is 0 Å². The van der Waals surface area contributed by atoms with E-state index in [1.165, 1.54) is 30.7 Å². The molecule has 2 nitrogen and oxygen atoms in total. The lowest BCUT2D eigenvalue weighted by Crippen LogP contribution is -2.36. The Morgan fingerprint density at radius 1 is 1.50 bits per heavy atom. The van der Waals surface area contributed by atoms with Crippen molar-refractivity contribution < 1.29 is 0 Å². The normalized spacial score (nSPS) is 27.8. The molecule has 1 aliphatic carbocycles. The van der Waals surface area contributed by atoms with Crippen LogP contribution in [0.25, 0.3) is 0 Å². The Morgan fingerprint density at radius 2 is 2.36 bits per heavy atom. The molecule has 14 heavy (non-hydrogen) atoms. The standard InChI is InChI=1S/C11H18N2S/c1-9-4-2-3-5-10(9)13-8-11-12-6-7-14-11/h6-7,9-10,13H,2-5,8H2,1H3.